The van der Waals surface area contributed by atoms with Gasteiger partial charge in [-0.05, 0) is 57.0 Å². The maximum absolute atomic E-state index is 12.4. The molecule has 0 bridgehead atoms. The second-order valence-corrected chi connectivity index (χ2v) is 7.59. The highest BCUT2D eigenvalue weighted by molar-refractivity contribution is 5.93. The van der Waals surface area contributed by atoms with E-state index in [1.54, 1.807) is 24.3 Å². The molecule has 7 nitrogen and oxygen atoms in total. The Balaban J connectivity index is 1.62. The number of fused-ring (bicyclic) bond motifs is 1. The van der Waals surface area contributed by atoms with Gasteiger partial charge in [-0.15, -0.1) is 0 Å². The number of nitrogens with zero attached hydrogens (tertiary/aromatic N) is 3. The van der Waals surface area contributed by atoms with Gasteiger partial charge in [0.1, 0.15) is 0 Å². The SMILES string of the molecule is Cc1cc2nc(C)c(CCC(=O)Nc3ccc(NC(=O)C(C)C)cc3)c(C)n2n1. The smallest absolute Gasteiger partial charge is 0.226 e. The molecule has 0 unspecified atom stereocenters. The van der Waals surface area contributed by atoms with Crippen LogP contribution in [0, 0.1) is 26.7 Å². The third kappa shape index (κ3) is 4.80. The maximum atomic E-state index is 12.4. The molecule has 152 valence electrons. The Bertz CT molecular complexity index is 1050. The van der Waals surface area contributed by atoms with Gasteiger partial charge < -0.3 is 10.6 Å². The highest BCUT2D eigenvalue weighted by Gasteiger charge is 2.13. The molecule has 1 aromatic carbocycles. The lowest BCUT2D eigenvalue weighted by molar-refractivity contribution is -0.119. The predicted octanol–water partition coefficient (Wildman–Crippen LogP) is 3.82. The van der Waals surface area contributed by atoms with Crippen molar-refractivity contribution in [3.63, 3.8) is 0 Å². The summed E-state index contributed by atoms with van der Waals surface area (Å²) >= 11 is 0. The van der Waals surface area contributed by atoms with Crippen molar-refractivity contribution in [2.75, 3.05) is 10.6 Å². The lowest BCUT2D eigenvalue weighted by Crippen LogP contribution is -2.17. The number of carbonyl (C=O) groups excluding carboxylic acids is 2. The summed E-state index contributed by atoms with van der Waals surface area (Å²) in [7, 11) is 0. The van der Waals surface area contributed by atoms with Crippen molar-refractivity contribution >= 4 is 28.8 Å². The Morgan fingerprint density at radius 1 is 1.03 bits per heavy atom. The third-order valence-electron chi connectivity index (χ3n) is 4.85. The molecule has 3 aromatic rings. The highest BCUT2D eigenvalue weighted by Crippen LogP contribution is 2.18. The number of rotatable bonds is 6. The van der Waals surface area contributed by atoms with Crippen LogP contribution >= 0.6 is 0 Å². The van der Waals surface area contributed by atoms with Gasteiger partial charge in [0.2, 0.25) is 11.8 Å². The number of hydrogen-bond acceptors (Lipinski definition) is 4. The van der Waals surface area contributed by atoms with Crippen molar-refractivity contribution in [1.29, 1.82) is 0 Å². The van der Waals surface area contributed by atoms with Gasteiger partial charge in [-0.25, -0.2) is 9.50 Å². The topological polar surface area (TPSA) is 88.4 Å². The molecule has 0 saturated carbocycles. The van der Waals surface area contributed by atoms with Crippen LogP contribution in [0.25, 0.3) is 5.65 Å². The van der Waals surface area contributed by atoms with Crippen LogP contribution in [0.2, 0.25) is 0 Å². The molecule has 0 aliphatic heterocycles. The maximum Gasteiger partial charge on any atom is 0.226 e. The van der Waals surface area contributed by atoms with Crippen LogP contribution in [0.3, 0.4) is 0 Å². The third-order valence-corrected chi connectivity index (χ3v) is 4.85. The van der Waals surface area contributed by atoms with Gasteiger partial charge in [0, 0.05) is 41.2 Å². The molecule has 0 atom stereocenters. The molecular formula is C22H27N5O2. The Hall–Kier alpha value is -3.22. The van der Waals surface area contributed by atoms with E-state index in [0.717, 1.165) is 28.3 Å². The zero-order valence-corrected chi connectivity index (χ0v) is 17.5. The van der Waals surface area contributed by atoms with E-state index in [2.05, 4.69) is 20.7 Å². The summed E-state index contributed by atoms with van der Waals surface area (Å²) in [5.41, 5.74) is 6.14. The minimum Gasteiger partial charge on any atom is -0.326 e. The number of anilines is 2. The molecule has 0 spiro atoms. The van der Waals surface area contributed by atoms with E-state index in [1.807, 2.05) is 45.2 Å². The number of benzene rings is 1. The quantitative estimate of drug-likeness (QED) is 0.666. The number of hydrogen-bond donors (Lipinski definition) is 2. The monoisotopic (exact) mass is 393 g/mol. The molecule has 3 rings (SSSR count). The molecule has 0 fully saturated rings. The van der Waals surface area contributed by atoms with Crippen molar-refractivity contribution in [2.24, 2.45) is 5.92 Å². The van der Waals surface area contributed by atoms with Gasteiger partial charge in [0.25, 0.3) is 0 Å². The van der Waals surface area contributed by atoms with Gasteiger partial charge in [-0.3, -0.25) is 9.59 Å². The van der Waals surface area contributed by atoms with Crippen LogP contribution in [0.4, 0.5) is 11.4 Å². The molecule has 0 saturated heterocycles. The second-order valence-electron chi connectivity index (χ2n) is 7.59. The van der Waals surface area contributed by atoms with Crippen LogP contribution in [-0.4, -0.2) is 26.4 Å². The van der Waals surface area contributed by atoms with Crippen molar-refractivity contribution in [1.82, 2.24) is 14.6 Å². The molecule has 2 amide bonds. The van der Waals surface area contributed by atoms with Gasteiger partial charge >= 0.3 is 0 Å². The molecule has 2 heterocycles. The summed E-state index contributed by atoms with van der Waals surface area (Å²) < 4.78 is 1.83. The Kier molecular flexibility index (Phi) is 5.96. The molecule has 7 heteroatoms. The fraction of sp³-hybridized carbons (Fsp3) is 0.364. The molecule has 2 aromatic heterocycles. The summed E-state index contributed by atoms with van der Waals surface area (Å²) in [4.78, 5) is 28.7. The minimum atomic E-state index is -0.0827. The molecule has 0 aliphatic carbocycles. The molecular weight excluding hydrogens is 366 g/mol. The first-order chi connectivity index (χ1) is 13.7. The van der Waals surface area contributed by atoms with E-state index < -0.39 is 0 Å². The zero-order chi connectivity index (χ0) is 21.1. The number of aromatic nitrogens is 3. The van der Waals surface area contributed by atoms with E-state index in [9.17, 15) is 9.59 Å². The highest BCUT2D eigenvalue weighted by atomic mass is 16.2. The largest absolute Gasteiger partial charge is 0.326 e. The van der Waals surface area contributed by atoms with Gasteiger partial charge in [0.05, 0.1) is 5.69 Å². The summed E-state index contributed by atoms with van der Waals surface area (Å²) in [5.74, 6) is -0.189. The lowest BCUT2D eigenvalue weighted by Gasteiger charge is -2.12. The van der Waals surface area contributed by atoms with Crippen molar-refractivity contribution in [3.8, 4) is 0 Å². The van der Waals surface area contributed by atoms with Crippen molar-refractivity contribution in [3.05, 3.63) is 53.0 Å². The first-order valence-corrected chi connectivity index (χ1v) is 9.78. The number of amides is 2. The minimum absolute atomic E-state index is 0.0366. The van der Waals surface area contributed by atoms with Crippen molar-refractivity contribution < 1.29 is 9.59 Å². The van der Waals surface area contributed by atoms with E-state index in [4.69, 9.17) is 0 Å². The van der Waals surface area contributed by atoms with Gasteiger partial charge in [-0.1, -0.05) is 13.8 Å². The number of carbonyl (C=O) groups is 2. The van der Waals surface area contributed by atoms with Gasteiger partial charge in [-0.2, -0.15) is 5.10 Å². The Morgan fingerprint density at radius 3 is 2.28 bits per heavy atom. The van der Waals surface area contributed by atoms with E-state index in [-0.39, 0.29) is 17.7 Å². The summed E-state index contributed by atoms with van der Waals surface area (Å²) in [6.07, 6.45) is 0.939. The van der Waals surface area contributed by atoms with Crippen LogP contribution in [0.5, 0.6) is 0 Å². The average molecular weight is 393 g/mol. The van der Waals surface area contributed by atoms with Crippen LogP contribution < -0.4 is 10.6 Å². The van der Waals surface area contributed by atoms with Crippen LogP contribution in [0.15, 0.2) is 30.3 Å². The predicted molar refractivity (Wildman–Crippen MR) is 114 cm³/mol. The fourth-order valence-electron chi connectivity index (χ4n) is 3.19. The summed E-state index contributed by atoms with van der Waals surface area (Å²) in [5, 5.41) is 10.2. The molecule has 29 heavy (non-hydrogen) atoms. The Labute approximate surface area is 170 Å². The second kappa shape index (κ2) is 8.43. The molecule has 0 aliphatic rings. The van der Waals surface area contributed by atoms with Crippen LogP contribution in [0.1, 0.15) is 42.9 Å². The lowest BCUT2D eigenvalue weighted by atomic mass is 10.1. The zero-order valence-electron chi connectivity index (χ0n) is 17.5. The first kappa shape index (κ1) is 20.5. The Morgan fingerprint density at radius 2 is 1.66 bits per heavy atom. The summed E-state index contributed by atoms with van der Waals surface area (Å²) in [6.45, 7) is 9.59. The number of nitrogens with one attached hydrogen (secondary N) is 2. The van der Waals surface area contributed by atoms with Gasteiger partial charge in [0.15, 0.2) is 5.65 Å². The van der Waals surface area contributed by atoms with E-state index in [1.165, 1.54) is 0 Å². The molecule has 0 radical (unpaired) electrons. The number of aryl methyl sites for hydroxylation is 3. The summed E-state index contributed by atoms with van der Waals surface area (Å²) in [6, 6.07) is 9.07. The first-order valence-electron chi connectivity index (χ1n) is 9.78. The normalized spacial score (nSPS) is 11.1. The van der Waals surface area contributed by atoms with E-state index >= 15 is 0 Å². The average Bonchev–Trinajstić information content (AvgIpc) is 3.03. The van der Waals surface area contributed by atoms with Crippen molar-refractivity contribution in [2.45, 2.75) is 47.5 Å². The molecule has 2 N–H and O–H groups in total. The fourth-order valence-corrected chi connectivity index (χ4v) is 3.19. The van der Waals surface area contributed by atoms with E-state index in [0.29, 0.717) is 24.2 Å². The van der Waals surface area contributed by atoms with Crippen LogP contribution in [-0.2, 0) is 16.0 Å². The standard InChI is InChI=1S/C22H27N5O2/c1-13(2)22(29)25-18-8-6-17(7-9-18)24-21(28)11-10-19-15(4)23-20-12-14(3)26-27(20)16(19)5/h6-9,12-13H,10-11H2,1-5H3,(H,24,28)(H,25,29).